The van der Waals surface area contributed by atoms with Crippen LogP contribution in [0.15, 0.2) is 17.4 Å². The number of aromatic nitrogens is 5. The van der Waals surface area contributed by atoms with Crippen molar-refractivity contribution in [2.24, 2.45) is 7.05 Å². The second-order valence-corrected chi connectivity index (χ2v) is 9.66. The Morgan fingerprint density at radius 3 is 2.60 bits per heavy atom. The van der Waals surface area contributed by atoms with Gasteiger partial charge in [0.2, 0.25) is 0 Å². The van der Waals surface area contributed by atoms with Gasteiger partial charge in [-0.3, -0.25) is 9.48 Å². The Kier molecular flexibility index (Phi) is 5.12. The molecule has 4 rings (SSSR count). The van der Waals surface area contributed by atoms with E-state index in [0.29, 0.717) is 18.9 Å². The van der Waals surface area contributed by atoms with Gasteiger partial charge in [0.15, 0.2) is 10.7 Å². The molecule has 0 radical (unpaired) electrons. The smallest absolute Gasteiger partial charge is 0.276 e. The average molecular weight is 443 g/mol. The number of amides is 1. The molecular formula is C17H23F2N7O3S. The van der Waals surface area contributed by atoms with Gasteiger partial charge in [-0.05, 0) is 19.8 Å². The molecule has 4 heterocycles. The number of aryl methyl sites for hydroxylation is 2. The molecule has 2 aliphatic heterocycles. The van der Waals surface area contributed by atoms with E-state index in [0.717, 1.165) is 17.1 Å². The zero-order valence-corrected chi connectivity index (χ0v) is 17.5. The molecule has 164 valence electrons. The fourth-order valence-corrected chi connectivity index (χ4v) is 5.53. The minimum absolute atomic E-state index is 0.122. The Balaban J connectivity index is 1.56. The maximum absolute atomic E-state index is 14.2. The Labute approximate surface area is 172 Å². The molecule has 10 nitrogen and oxygen atoms in total. The molecule has 2 aromatic heterocycles. The molecule has 0 N–H and O–H groups in total. The molecule has 0 bridgehead atoms. The first-order valence-corrected chi connectivity index (χ1v) is 11.1. The van der Waals surface area contributed by atoms with Crippen molar-refractivity contribution in [3.63, 3.8) is 0 Å². The second-order valence-electron chi connectivity index (χ2n) is 7.83. The number of halogens is 2. The number of alkyl halides is 2. The van der Waals surface area contributed by atoms with Gasteiger partial charge in [0.1, 0.15) is 5.82 Å². The molecule has 2 fully saturated rings. The van der Waals surface area contributed by atoms with Crippen molar-refractivity contribution in [2.45, 2.75) is 49.7 Å². The van der Waals surface area contributed by atoms with Crippen molar-refractivity contribution in [3.8, 4) is 0 Å². The van der Waals surface area contributed by atoms with E-state index in [1.807, 2.05) is 0 Å². The van der Waals surface area contributed by atoms with Crippen molar-refractivity contribution in [1.29, 1.82) is 0 Å². The summed E-state index contributed by atoms with van der Waals surface area (Å²) in [5.74, 6) is -2.97. The number of carbonyl (C=O) groups is 1. The Hall–Kier alpha value is -2.41. The van der Waals surface area contributed by atoms with Gasteiger partial charge >= 0.3 is 0 Å². The van der Waals surface area contributed by atoms with Crippen molar-refractivity contribution in [3.05, 3.63) is 23.9 Å². The third-order valence-electron chi connectivity index (χ3n) is 5.54. The summed E-state index contributed by atoms with van der Waals surface area (Å²) in [6.45, 7) is 1.86. The quantitative estimate of drug-likeness (QED) is 0.672. The maximum Gasteiger partial charge on any atom is 0.276 e. The first-order chi connectivity index (χ1) is 14.1. The highest BCUT2D eigenvalue weighted by Crippen LogP contribution is 2.36. The number of nitrogens with zero attached hydrogens (tertiary/aromatic N) is 7. The van der Waals surface area contributed by atoms with Crippen LogP contribution in [0, 0.1) is 6.92 Å². The summed E-state index contributed by atoms with van der Waals surface area (Å²) < 4.78 is 57.9. The van der Waals surface area contributed by atoms with Gasteiger partial charge in [-0.25, -0.2) is 22.2 Å². The number of hydrogen-bond donors (Lipinski definition) is 0. The molecule has 2 aromatic rings. The number of likely N-dealkylation sites (tertiary alicyclic amines) is 1. The van der Waals surface area contributed by atoms with Crippen molar-refractivity contribution >= 4 is 15.9 Å². The highest BCUT2D eigenvalue weighted by Gasteiger charge is 2.51. The van der Waals surface area contributed by atoms with Crippen LogP contribution < -0.4 is 0 Å². The Morgan fingerprint density at radius 2 is 1.97 bits per heavy atom. The number of rotatable bonds is 5. The minimum Gasteiger partial charge on any atom is -0.337 e. The molecule has 0 aliphatic carbocycles. The fourth-order valence-electron chi connectivity index (χ4n) is 3.86. The number of imidazole rings is 1. The van der Waals surface area contributed by atoms with Crippen LogP contribution in [-0.4, -0.2) is 79.7 Å². The van der Waals surface area contributed by atoms with Crippen LogP contribution in [0.2, 0.25) is 0 Å². The average Bonchev–Trinajstić information content (AvgIpc) is 3.43. The van der Waals surface area contributed by atoms with Crippen LogP contribution >= 0.6 is 0 Å². The van der Waals surface area contributed by atoms with Gasteiger partial charge in [-0.2, -0.15) is 4.31 Å². The Bertz CT molecular complexity index is 1040. The number of carbonyl (C=O) groups excluding carboxylic acids is 1. The molecule has 1 atom stereocenters. The van der Waals surface area contributed by atoms with Crippen LogP contribution in [0.1, 0.15) is 35.6 Å². The first kappa shape index (κ1) is 20.8. The molecule has 0 saturated carbocycles. The number of sulfonamides is 1. The predicted octanol–water partition coefficient (Wildman–Crippen LogP) is 0.655. The lowest BCUT2D eigenvalue weighted by atomic mass is 10.2. The molecular weight excluding hydrogens is 420 g/mol. The van der Waals surface area contributed by atoms with E-state index in [1.165, 1.54) is 21.6 Å². The normalized spacial score (nSPS) is 22.1. The third kappa shape index (κ3) is 3.83. The van der Waals surface area contributed by atoms with Crippen LogP contribution in [0.25, 0.3) is 0 Å². The van der Waals surface area contributed by atoms with Gasteiger partial charge in [-0.15, -0.1) is 5.10 Å². The molecule has 2 saturated heterocycles. The van der Waals surface area contributed by atoms with E-state index < -0.39 is 35.0 Å². The lowest BCUT2D eigenvalue weighted by Gasteiger charge is -2.21. The molecule has 2 aliphatic rings. The molecule has 30 heavy (non-hydrogen) atoms. The summed E-state index contributed by atoms with van der Waals surface area (Å²) >= 11 is 0. The zero-order valence-electron chi connectivity index (χ0n) is 16.7. The standard InChI is InChI=1S/C17H23F2N7O3S/c1-12-20-15(10-23(12)2)30(28,29)26-11-17(18,19)7-13(26)8-25-9-14(21-22-25)16(27)24-5-3-4-6-24/h9-10,13H,3-8,11H2,1-2H3. The van der Waals surface area contributed by atoms with Crippen LogP contribution in [-0.2, 0) is 23.6 Å². The predicted molar refractivity (Wildman–Crippen MR) is 100 cm³/mol. The summed E-state index contributed by atoms with van der Waals surface area (Å²) in [5.41, 5.74) is 0.122. The van der Waals surface area contributed by atoms with Gasteiger partial charge < -0.3 is 9.47 Å². The van der Waals surface area contributed by atoms with E-state index >= 15 is 0 Å². The van der Waals surface area contributed by atoms with Crippen LogP contribution in [0.3, 0.4) is 0 Å². The van der Waals surface area contributed by atoms with Crippen LogP contribution in [0.5, 0.6) is 0 Å². The summed E-state index contributed by atoms with van der Waals surface area (Å²) in [7, 11) is -2.59. The lowest BCUT2D eigenvalue weighted by molar-refractivity contribution is 0.0168. The highest BCUT2D eigenvalue weighted by atomic mass is 32.2. The number of hydrogen-bond acceptors (Lipinski definition) is 6. The van der Waals surface area contributed by atoms with Crippen molar-refractivity contribution in [1.82, 2.24) is 33.8 Å². The van der Waals surface area contributed by atoms with E-state index in [9.17, 15) is 22.0 Å². The van der Waals surface area contributed by atoms with Crippen molar-refractivity contribution < 1.29 is 22.0 Å². The Morgan fingerprint density at radius 1 is 1.27 bits per heavy atom. The summed E-state index contributed by atoms with van der Waals surface area (Å²) in [4.78, 5) is 18.1. The van der Waals surface area contributed by atoms with E-state index in [1.54, 1.807) is 18.9 Å². The fraction of sp³-hybridized carbons (Fsp3) is 0.647. The van der Waals surface area contributed by atoms with E-state index in [2.05, 4.69) is 15.3 Å². The van der Waals surface area contributed by atoms with Gasteiger partial charge in [-0.1, -0.05) is 5.21 Å². The third-order valence-corrected chi connectivity index (χ3v) is 7.31. The second kappa shape index (κ2) is 7.38. The molecule has 13 heteroatoms. The van der Waals surface area contributed by atoms with Crippen LogP contribution in [0.4, 0.5) is 8.78 Å². The molecule has 0 spiro atoms. The molecule has 1 unspecified atom stereocenters. The maximum atomic E-state index is 14.2. The SMILES string of the molecule is Cc1nc(S(=O)(=O)N2CC(F)(F)CC2Cn2cc(C(=O)N3CCCC3)nn2)cn1C. The molecule has 0 aromatic carbocycles. The first-order valence-electron chi connectivity index (χ1n) is 9.66. The van der Waals surface area contributed by atoms with Crippen molar-refractivity contribution in [2.75, 3.05) is 19.6 Å². The lowest BCUT2D eigenvalue weighted by Crippen LogP contribution is -2.39. The highest BCUT2D eigenvalue weighted by molar-refractivity contribution is 7.89. The summed E-state index contributed by atoms with van der Waals surface area (Å²) in [5, 5.41) is 7.44. The summed E-state index contributed by atoms with van der Waals surface area (Å²) in [6.07, 6.45) is 3.90. The van der Waals surface area contributed by atoms with E-state index in [4.69, 9.17) is 0 Å². The minimum atomic E-state index is -4.22. The largest absolute Gasteiger partial charge is 0.337 e. The van der Waals surface area contributed by atoms with Gasteiger partial charge in [0.25, 0.3) is 21.9 Å². The topological polar surface area (TPSA) is 106 Å². The zero-order chi connectivity index (χ0) is 21.7. The summed E-state index contributed by atoms with van der Waals surface area (Å²) in [6, 6.07) is -1.04. The van der Waals surface area contributed by atoms with E-state index in [-0.39, 0.29) is 23.2 Å². The molecule has 1 amide bonds. The van der Waals surface area contributed by atoms with Gasteiger partial charge in [0, 0.05) is 32.8 Å². The van der Waals surface area contributed by atoms with Gasteiger partial charge in [0.05, 0.1) is 25.3 Å². The monoisotopic (exact) mass is 443 g/mol.